The number of nitrogens with two attached hydrogens (primary N) is 1. The van der Waals surface area contributed by atoms with E-state index in [1.807, 2.05) is 0 Å². The second kappa shape index (κ2) is 10.00. The standard InChI is InChI=1S/C16H28N4O2/c1-4-7-10-22-15-12-13(11-14(17)19-15)16(21)18-8-9-20(5-2)6-3/h11-12H,4-10H2,1-3H3,(H2,17,19)(H,18,21). The highest BCUT2D eigenvalue weighted by atomic mass is 16.5. The van der Waals surface area contributed by atoms with Crippen molar-refractivity contribution in [3.8, 4) is 5.88 Å². The SMILES string of the molecule is CCCCOc1cc(C(=O)NCCN(CC)CC)cc(N)n1. The van der Waals surface area contributed by atoms with Gasteiger partial charge >= 0.3 is 0 Å². The van der Waals surface area contributed by atoms with E-state index in [1.165, 1.54) is 0 Å². The maximum absolute atomic E-state index is 12.2. The summed E-state index contributed by atoms with van der Waals surface area (Å²) < 4.78 is 5.52. The second-order valence-electron chi connectivity index (χ2n) is 5.10. The first kappa shape index (κ1) is 18.2. The Morgan fingerprint density at radius 1 is 1.32 bits per heavy atom. The lowest BCUT2D eigenvalue weighted by molar-refractivity contribution is 0.0948. The molecule has 0 radical (unpaired) electrons. The van der Waals surface area contributed by atoms with E-state index in [0.29, 0.717) is 30.4 Å². The van der Waals surface area contributed by atoms with E-state index in [4.69, 9.17) is 10.5 Å². The molecule has 1 aromatic rings. The number of hydrogen-bond acceptors (Lipinski definition) is 5. The predicted molar refractivity (Wildman–Crippen MR) is 89.2 cm³/mol. The zero-order chi connectivity index (χ0) is 16.4. The summed E-state index contributed by atoms with van der Waals surface area (Å²) in [5.41, 5.74) is 6.23. The second-order valence-corrected chi connectivity index (χ2v) is 5.10. The summed E-state index contributed by atoms with van der Waals surface area (Å²) in [5.74, 6) is 0.548. The highest BCUT2D eigenvalue weighted by molar-refractivity contribution is 5.95. The Morgan fingerprint density at radius 2 is 2.05 bits per heavy atom. The normalized spacial score (nSPS) is 10.7. The topological polar surface area (TPSA) is 80.5 Å². The van der Waals surface area contributed by atoms with Crippen LogP contribution in [0, 0.1) is 0 Å². The summed E-state index contributed by atoms with van der Waals surface area (Å²) in [4.78, 5) is 18.5. The molecule has 1 aromatic heterocycles. The van der Waals surface area contributed by atoms with Gasteiger partial charge in [-0.05, 0) is 25.6 Å². The number of ether oxygens (including phenoxy) is 1. The Morgan fingerprint density at radius 3 is 2.68 bits per heavy atom. The predicted octanol–water partition coefficient (Wildman–Crippen LogP) is 1.91. The summed E-state index contributed by atoms with van der Waals surface area (Å²) in [6, 6.07) is 3.21. The van der Waals surface area contributed by atoms with Crippen molar-refractivity contribution >= 4 is 11.7 Å². The van der Waals surface area contributed by atoms with E-state index in [1.54, 1.807) is 12.1 Å². The number of pyridine rings is 1. The molecule has 6 nitrogen and oxygen atoms in total. The van der Waals surface area contributed by atoms with Crippen LogP contribution >= 0.6 is 0 Å². The Balaban J connectivity index is 2.57. The molecule has 0 spiro atoms. The number of hydrogen-bond donors (Lipinski definition) is 2. The van der Waals surface area contributed by atoms with Gasteiger partial charge in [0.1, 0.15) is 5.82 Å². The molecule has 0 aliphatic carbocycles. The van der Waals surface area contributed by atoms with Crippen LogP contribution in [0.1, 0.15) is 44.0 Å². The maximum Gasteiger partial charge on any atom is 0.251 e. The van der Waals surface area contributed by atoms with E-state index in [-0.39, 0.29) is 5.91 Å². The van der Waals surface area contributed by atoms with Crippen molar-refractivity contribution in [2.24, 2.45) is 0 Å². The number of carbonyl (C=O) groups is 1. The van der Waals surface area contributed by atoms with Gasteiger partial charge in [-0.25, -0.2) is 0 Å². The number of nitrogens with one attached hydrogen (secondary N) is 1. The third-order valence-corrected chi connectivity index (χ3v) is 3.44. The Kier molecular flexibility index (Phi) is 8.28. The fourth-order valence-corrected chi connectivity index (χ4v) is 2.02. The molecule has 0 saturated carbocycles. The van der Waals surface area contributed by atoms with Crippen molar-refractivity contribution in [3.05, 3.63) is 17.7 Å². The minimum Gasteiger partial charge on any atom is -0.478 e. The average molecular weight is 308 g/mol. The van der Waals surface area contributed by atoms with E-state index < -0.39 is 0 Å². The monoisotopic (exact) mass is 308 g/mol. The van der Waals surface area contributed by atoms with Crippen molar-refractivity contribution < 1.29 is 9.53 Å². The number of nitrogen functional groups attached to an aromatic ring is 1. The Labute approximate surface area is 133 Å². The van der Waals surface area contributed by atoms with Crippen LogP contribution in [0.2, 0.25) is 0 Å². The molecule has 0 atom stereocenters. The molecule has 0 aliphatic rings. The van der Waals surface area contributed by atoms with Crippen molar-refractivity contribution in [2.75, 3.05) is 38.5 Å². The molecule has 0 unspecified atom stereocenters. The fourth-order valence-electron chi connectivity index (χ4n) is 2.02. The van der Waals surface area contributed by atoms with Crippen molar-refractivity contribution in [2.45, 2.75) is 33.6 Å². The largest absolute Gasteiger partial charge is 0.478 e. The van der Waals surface area contributed by atoms with Gasteiger partial charge in [-0.3, -0.25) is 4.79 Å². The van der Waals surface area contributed by atoms with Gasteiger partial charge in [-0.15, -0.1) is 0 Å². The zero-order valence-corrected chi connectivity index (χ0v) is 13.9. The molecular weight excluding hydrogens is 280 g/mol. The zero-order valence-electron chi connectivity index (χ0n) is 13.9. The first-order chi connectivity index (χ1) is 10.6. The van der Waals surface area contributed by atoms with Crippen molar-refractivity contribution in [1.29, 1.82) is 0 Å². The first-order valence-corrected chi connectivity index (χ1v) is 8.01. The van der Waals surface area contributed by atoms with Gasteiger partial charge in [0, 0.05) is 24.7 Å². The number of carbonyl (C=O) groups excluding carboxylic acids is 1. The number of rotatable bonds is 10. The lowest BCUT2D eigenvalue weighted by Crippen LogP contribution is -2.34. The third kappa shape index (κ3) is 6.30. The van der Waals surface area contributed by atoms with E-state index in [2.05, 4.69) is 36.0 Å². The summed E-state index contributed by atoms with van der Waals surface area (Å²) in [6.45, 7) is 10.3. The molecule has 0 saturated heterocycles. The highest BCUT2D eigenvalue weighted by Gasteiger charge is 2.10. The van der Waals surface area contributed by atoms with Crippen LogP contribution in [0.3, 0.4) is 0 Å². The first-order valence-electron chi connectivity index (χ1n) is 8.01. The molecule has 124 valence electrons. The van der Waals surface area contributed by atoms with Gasteiger partial charge in [0.15, 0.2) is 0 Å². The molecule has 1 heterocycles. The number of amides is 1. The minimum atomic E-state index is -0.151. The number of aromatic nitrogens is 1. The van der Waals surface area contributed by atoms with E-state index in [0.717, 1.165) is 32.5 Å². The molecule has 22 heavy (non-hydrogen) atoms. The van der Waals surface area contributed by atoms with Crippen LogP contribution in [0.5, 0.6) is 5.88 Å². The average Bonchev–Trinajstić information content (AvgIpc) is 2.51. The quantitative estimate of drug-likeness (QED) is 0.645. The van der Waals surface area contributed by atoms with E-state index in [9.17, 15) is 4.79 Å². The fraction of sp³-hybridized carbons (Fsp3) is 0.625. The summed E-state index contributed by atoms with van der Waals surface area (Å²) in [5, 5.41) is 2.90. The van der Waals surface area contributed by atoms with Crippen LogP contribution in [-0.4, -0.2) is 48.6 Å². The van der Waals surface area contributed by atoms with Crippen molar-refractivity contribution in [3.63, 3.8) is 0 Å². The van der Waals surface area contributed by atoms with Gasteiger partial charge in [0.25, 0.3) is 5.91 Å². The van der Waals surface area contributed by atoms with Crippen LogP contribution in [0.15, 0.2) is 12.1 Å². The smallest absolute Gasteiger partial charge is 0.251 e. The van der Waals surface area contributed by atoms with Crippen LogP contribution in [0.4, 0.5) is 5.82 Å². The molecule has 0 bridgehead atoms. The number of anilines is 1. The highest BCUT2D eigenvalue weighted by Crippen LogP contribution is 2.14. The van der Waals surface area contributed by atoms with Gasteiger partial charge in [-0.2, -0.15) is 4.98 Å². The lowest BCUT2D eigenvalue weighted by atomic mass is 10.2. The molecule has 1 amide bonds. The third-order valence-electron chi connectivity index (χ3n) is 3.44. The number of nitrogens with zero attached hydrogens (tertiary/aromatic N) is 2. The summed E-state index contributed by atoms with van der Waals surface area (Å²) in [6.07, 6.45) is 1.99. The molecule has 1 rings (SSSR count). The molecular formula is C16H28N4O2. The van der Waals surface area contributed by atoms with E-state index >= 15 is 0 Å². The Bertz CT molecular complexity index is 461. The molecule has 0 fully saturated rings. The molecule has 3 N–H and O–H groups in total. The maximum atomic E-state index is 12.2. The molecule has 6 heteroatoms. The van der Waals surface area contributed by atoms with Crippen LogP contribution in [0.25, 0.3) is 0 Å². The summed E-state index contributed by atoms with van der Waals surface area (Å²) in [7, 11) is 0. The van der Waals surface area contributed by atoms with Gasteiger partial charge in [0.2, 0.25) is 5.88 Å². The number of unbranched alkanes of at least 4 members (excludes halogenated alkanes) is 1. The number of likely N-dealkylation sites (N-methyl/N-ethyl adjacent to an activating group) is 1. The van der Waals surface area contributed by atoms with Gasteiger partial charge in [0.05, 0.1) is 6.61 Å². The van der Waals surface area contributed by atoms with Gasteiger partial charge in [-0.1, -0.05) is 27.2 Å². The van der Waals surface area contributed by atoms with Crippen LogP contribution in [-0.2, 0) is 0 Å². The molecule has 0 aromatic carbocycles. The molecule has 0 aliphatic heterocycles. The lowest BCUT2D eigenvalue weighted by Gasteiger charge is -2.18. The minimum absolute atomic E-state index is 0.151. The van der Waals surface area contributed by atoms with Gasteiger partial charge < -0.3 is 20.7 Å². The van der Waals surface area contributed by atoms with Crippen molar-refractivity contribution in [1.82, 2.24) is 15.2 Å². The Hall–Kier alpha value is -1.82. The summed E-state index contributed by atoms with van der Waals surface area (Å²) >= 11 is 0. The van der Waals surface area contributed by atoms with Crippen LogP contribution < -0.4 is 15.8 Å².